The Morgan fingerprint density at radius 3 is 1.44 bits per heavy atom. The summed E-state index contributed by atoms with van der Waals surface area (Å²) in [5.41, 5.74) is 5.46. The van der Waals surface area contributed by atoms with Gasteiger partial charge in [-0.1, -0.05) is 129 Å². The highest BCUT2D eigenvalue weighted by Gasteiger charge is 2.19. The van der Waals surface area contributed by atoms with Gasteiger partial charge in [0.1, 0.15) is 12.1 Å². The van der Waals surface area contributed by atoms with Crippen LogP contribution in [0.4, 0.5) is 0 Å². The molecule has 0 aromatic heterocycles. The lowest BCUT2D eigenvalue weighted by molar-refractivity contribution is -0.150. The van der Waals surface area contributed by atoms with Crippen molar-refractivity contribution in [2.75, 3.05) is 6.54 Å². The summed E-state index contributed by atoms with van der Waals surface area (Å²) >= 11 is 0. The molecule has 2 atom stereocenters. The van der Waals surface area contributed by atoms with Crippen LogP contribution in [0.2, 0.25) is 0 Å². The molecule has 0 saturated heterocycles. The molecule has 1 amide bonds. The number of nitrogens with two attached hydrogens (primary N) is 1. The normalized spacial score (nSPS) is 12.6. The highest BCUT2D eigenvalue weighted by atomic mass is 16.5. The third-order valence-corrected chi connectivity index (χ3v) is 8.42. The van der Waals surface area contributed by atoms with E-state index in [1.165, 1.54) is 89.9 Å². The van der Waals surface area contributed by atoms with Crippen molar-refractivity contribution in [1.29, 1.82) is 0 Å². The zero-order valence-electron chi connectivity index (χ0n) is 28.3. The number of carboxylic acid groups (broad SMARTS) is 1. The number of esters is 1. The average Bonchev–Trinajstić information content (AvgIpc) is 2.98. The predicted octanol–water partition coefficient (Wildman–Crippen LogP) is 9.39. The molecule has 254 valence electrons. The maximum Gasteiger partial charge on any atom is 0.326 e. The van der Waals surface area contributed by atoms with Crippen LogP contribution in [0.5, 0.6) is 0 Å². The molecule has 0 radical (unpaired) electrons. The summed E-state index contributed by atoms with van der Waals surface area (Å²) in [4.78, 5) is 36.0. The summed E-state index contributed by atoms with van der Waals surface area (Å²) in [5, 5.41) is 11.9. The first-order valence-electron chi connectivity index (χ1n) is 18.4. The largest absolute Gasteiger partial charge is 0.480 e. The average molecular weight is 611 g/mol. The van der Waals surface area contributed by atoms with Gasteiger partial charge in [0.15, 0.2) is 0 Å². The van der Waals surface area contributed by atoms with E-state index in [-0.39, 0.29) is 18.0 Å². The maximum absolute atomic E-state index is 12.6. The number of carboxylic acids is 1. The first-order chi connectivity index (χ1) is 20.9. The van der Waals surface area contributed by atoms with Gasteiger partial charge in [0, 0.05) is 12.8 Å². The van der Waals surface area contributed by atoms with Crippen LogP contribution in [0.1, 0.15) is 194 Å². The van der Waals surface area contributed by atoms with E-state index >= 15 is 0 Å². The van der Waals surface area contributed by atoms with Crippen molar-refractivity contribution in [1.82, 2.24) is 5.32 Å². The Hall–Kier alpha value is -1.63. The topological polar surface area (TPSA) is 119 Å². The molecule has 0 aromatic carbocycles. The van der Waals surface area contributed by atoms with Crippen LogP contribution in [0.3, 0.4) is 0 Å². The van der Waals surface area contributed by atoms with Crippen molar-refractivity contribution in [3.8, 4) is 0 Å². The Balaban J connectivity index is 4.22. The number of amides is 1. The first-order valence-corrected chi connectivity index (χ1v) is 18.4. The van der Waals surface area contributed by atoms with Gasteiger partial charge < -0.3 is 20.9 Å². The van der Waals surface area contributed by atoms with Gasteiger partial charge in [-0.05, 0) is 57.9 Å². The van der Waals surface area contributed by atoms with Crippen LogP contribution >= 0.6 is 0 Å². The smallest absolute Gasteiger partial charge is 0.326 e. The standard InChI is InChI=1S/C36H70N2O5/c1-3-5-7-9-11-12-13-15-20-24-30-35(40)43-32(26-21-17-14-10-8-6-4-2)27-22-18-16-19-23-29-34(39)38-33(36(41)42)28-25-31-37/h32-33H,3-31,37H2,1-2H3,(H,38,39)(H,41,42). The van der Waals surface area contributed by atoms with Gasteiger partial charge in [-0.2, -0.15) is 0 Å². The first kappa shape index (κ1) is 41.4. The maximum atomic E-state index is 12.6. The van der Waals surface area contributed by atoms with Gasteiger partial charge in [-0.25, -0.2) is 4.79 Å². The number of rotatable bonds is 33. The Labute approximate surface area is 265 Å². The third kappa shape index (κ3) is 28.9. The lowest BCUT2D eigenvalue weighted by Gasteiger charge is -2.18. The second-order valence-electron chi connectivity index (χ2n) is 12.6. The van der Waals surface area contributed by atoms with E-state index in [1.54, 1.807) is 0 Å². The van der Waals surface area contributed by atoms with E-state index < -0.39 is 12.0 Å². The van der Waals surface area contributed by atoms with Gasteiger partial charge in [0.05, 0.1) is 0 Å². The Morgan fingerprint density at radius 2 is 1.00 bits per heavy atom. The number of aliphatic carboxylic acids is 1. The van der Waals surface area contributed by atoms with Crippen molar-refractivity contribution in [3.05, 3.63) is 0 Å². The summed E-state index contributed by atoms with van der Waals surface area (Å²) in [6.07, 6.45) is 30.0. The van der Waals surface area contributed by atoms with Crippen LogP contribution in [-0.2, 0) is 19.1 Å². The van der Waals surface area contributed by atoms with E-state index in [4.69, 9.17) is 10.5 Å². The molecule has 4 N–H and O–H groups in total. The summed E-state index contributed by atoms with van der Waals surface area (Å²) in [7, 11) is 0. The molecular weight excluding hydrogens is 540 g/mol. The number of hydrogen-bond donors (Lipinski definition) is 3. The summed E-state index contributed by atoms with van der Waals surface area (Å²) < 4.78 is 5.97. The Morgan fingerprint density at radius 1 is 0.581 bits per heavy atom. The molecule has 0 aliphatic carbocycles. The minimum absolute atomic E-state index is 0.0235. The fraction of sp³-hybridized carbons (Fsp3) is 0.917. The van der Waals surface area contributed by atoms with Crippen LogP contribution < -0.4 is 11.1 Å². The third-order valence-electron chi connectivity index (χ3n) is 8.42. The van der Waals surface area contributed by atoms with Crippen molar-refractivity contribution in [3.63, 3.8) is 0 Å². The van der Waals surface area contributed by atoms with E-state index in [1.807, 2.05) is 0 Å². The second kappa shape index (κ2) is 31.8. The molecule has 0 aromatic rings. The van der Waals surface area contributed by atoms with Gasteiger partial charge in [-0.15, -0.1) is 0 Å². The Bertz CT molecular complexity index is 658. The lowest BCUT2D eigenvalue weighted by atomic mass is 10.0. The van der Waals surface area contributed by atoms with E-state index in [0.717, 1.165) is 64.2 Å². The van der Waals surface area contributed by atoms with Crippen molar-refractivity contribution >= 4 is 17.8 Å². The van der Waals surface area contributed by atoms with Crippen LogP contribution in [0.25, 0.3) is 0 Å². The van der Waals surface area contributed by atoms with Crippen molar-refractivity contribution < 1.29 is 24.2 Å². The summed E-state index contributed by atoms with van der Waals surface area (Å²) in [6, 6.07) is -0.850. The number of nitrogens with one attached hydrogen (secondary N) is 1. The molecule has 0 aliphatic rings. The molecule has 7 heteroatoms. The fourth-order valence-corrected chi connectivity index (χ4v) is 5.63. The highest BCUT2D eigenvalue weighted by Crippen LogP contribution is 2.19. The van der Waals surface area contributed by atoms with Crippen LogP contribution in [0, 0.1) is 0 Å². The second-order valence-corrected chi connectivity index (χ2v) is 12.6. The van der Waals surface area contributed by atoms with E-state index in [9.17, 15) is 19.5 Å². The van der Waals surface area contributed by atoms with Gasteiger partial charge >= 0.3 is 11.9 Å². The fourth-order valence-electron chi connectivity index (χ4n) is 5.63. The quantitative estimate of drug-likeness (QED) is 0.0503. The highest BCUT2D eigenvalue weighted by molar-refractivity contribution is 5.83. The van der Waals surface area contributed by atoms with Crippen LogP contribution in [-0.4, -0.2) is 41.6 Å². The summed E-state index contributed by atoms with van der Waals surface area (Å²) in [5.74, 6) is -1.23. The van der Waals surface area contributed by atoms with E-state index in [2.05, 4.69) is 19.2 Å². The molecule has 0 bridgehead atoms. The predicted molar refractivity (Wildman–Crippen MR) is 179 cm³/mol. The van der Waals surface area contributed by atoms with Crippen molar-refractivity contribution in [2.45, 2.75) is 206 Å². The minimum Gasteiger partial charge on any atom is -0.480 e. The Kier molecular flexibility index (Phi) is 30.6. The number of carbonyl (C=O) groups excluding carboxylic acids is 2. The lowest BCUT2D eigenvalue weighted by Crippen LogP contribution is -2.40. The van der Waals surface area contributed by atoms with Gasteiger partial charge in [0.25, 0.3) is 0 Å². The molecule has 2 unspecified atom stereocenters. The number of carbonyl (C=O) groups is 3. The van der Waals surface area contributed by atoms with Gasteiger partial charge in [0.2, 0.25) is 5.91 Å². The molecule has 0 spiro atoms. The minimum atomic E-state index is -1.00. The zero-order valence-corrected chi connectivity index (χ0v) is 28.3. The molecule has 7 nitrogen and oxygen atoms in total. The van der Waals surface area contributed by atoms with Crippen LogP contribution in [0.15, 0.2) is 0 Å². The van der Waals surface area contributed by atoms with Gasteiger partial charge in [-0.3, -0.25) is 9.59 Å². The molecule has 43 heavy (non-hydrogen) atoms. The molecule has 0 aliphatic heterocycles. The number of hydrogen-bond acceptors (Lipinski definition) is 5. The summed E-state index contributed by atoms with van der Waals surface area (Å²) in [6.45, 7) is 4.91. The molecule has 0 saturated carbocycles. The van der Waals surface area contributed by atoms with E-state index in [0.29, 0.717) is 32.2 Å². The van der Waals surface area contributed by atoms with Crippen molar-refractivity contribution in [2.24, 2.45) is 5.73 Å². The zero-order chi connectivity index (χ0) is 31.8. The monoisotopic (exact) mass is 611 g/mol. The molecule has 0 heterocycles. The number of unbranched alkanes of at least 4 members (excludes halogenated alkanes) is 19. The molecular formula is C36H70N2O5. The number of ether oxygens (including phenoxy) is 1. The molecule has 0 fully saturated rings. The SMILES string of the molecule is CCCCCCCCCCCCC(=O)OC(CCCCCCCCC)CCCCCCCC(=O)NC(CCCN)C(=O)O. The molecule has 0 rings (SSSR count).